The number of carbonyl (C=O) groups excluding carboxylic acids is 1. The van der Waals surface area contributed by atoms with Gasteiger partial charge in [0.05, 0.1) is 0 Å². The largest absolute Gasteiger partial charge is 0.352 e. The first-order valence-electron chi connectivity index (χ1n) is 3.87. The summed E-state index contributed by atoms with van der Waals surface area (Å²) in [5.41, 5.74) is 1.11. The first-order chi connectivity index (χ1) is 5.68. The second-order valence-electron chi connectivity index (χ2n) is 2.78. The van der Waals surface area contributed by atoms with Gasteiger partial charge in [0, 0.05) is 25.6 Å². The lowest BCUT2D eigenvalue weighted by molar-refractivity contribution is -0.671. The highest BCUT2D eigenvalue weighted by atomic mass is 16.1. The first kappa shape index (κ1) is 8.71. The van der Waals surface area contributed by atoms with E-state index < -0.39 is 0 Å². The monoisotopic (exact) mass is 165 g/mol. The van der Waals surface area contributed by atoms with Gasteiger partial charge in [0.2, 0.25) is 5.91 Å². The third-order valence-corrected chi connectivity index (χ3v) is 1.59. The summed E-state index contributed by atoms with van der Waals surface area (Å²) < 4.78 is 1.96. The molecule has 0 atom stereocenters. The molecule has 1 amide bonds. The average molecular weight is 165 g/mol. The van der Waals surface area contributed by atoms with Crippen molar-refractivity contribution in [1.29, 1.82) is 0 Å². The zero-order valence-corrected chi connectivity index (χ0v) is 7.37. The highest BCUT2D eigenvalue weighted by molar-refractivity contribution is 5.72. The van der Waals surface area contributed by atoms with Crippen LogP contribution < -0.4 is 9.88 Å². The average Bonchev–Trinajstić information content (AvgIpc) is 2.03. The van der Waals surface area contributed by atoms with E-state index >= 15 is 0 Å². The summed E-state index contributed by atoms with van der Waals surface area (Å²) in [4.78, 5) is 10.6. The lowest BCUT2D eigenvalue weighted by Crippen LogP contribution is -2.27. The second kappa shape index (κ2) is 3.85. The third kappa shape index (κ3) is 2.70. The topological polar surface area (TPSA) is 33.0 Å². The van der Waals surface area contributed by atoms with Gasteiger partial charge in [-0.05, 0) is 5.56 Å². The molecular weight excluding hydrogens is 152 g/mol. The minimum atomic E-state index is 0.00299. The van der Waals surface area contributed by atoms with Gasteiger partial charge in [-0.2, -0.15) is 0 Å². The molecule has 0 spiro atoms. The van der Waals surface area contributed by atoms with E-state index in [-0.39, 0.29) is 5.91 Å². The van der Waals surface area contributed by atoms with E-state index in [4.69, 9.17) is 0 Å². The van der Waals surface area contributed by atoms with Crippen molar-refractivity contribution in [2.75, 3.05) is 0 Å². The van der Waals surface area contributed by atoms with Crippen LogP contribution in [0.25, 0.3) is 0 Å². The van der Waals surface area contributed by atoms with Crippen LogP contribution in [-0.2, 0) is 18.4 Å². The third-order valence-electron chi connectivity index (χ3n) is 1.59. The van der Waals surface area contributed by atoms with E-state index in [1.807, 2.05) is 36.1 Å². The van der Waals surface area contributed by atoms with Crippen LogP contribution in [0.4, 0.5) is 0 Å². The second-order valence-corrected chi connectivity index (χ2v) is 2.78. The Morgan fingerprint density at radius 2 is 2.08 bits per heavy atom. The van der Waals surface area contributed by atoms with Gasteiger partial charge in [-0.3, -0.25) is 4.79 Å². The molecule has 0 aliphatic rings. The fraction of sp³-hybridized carbons (Fsp3) is 0.333. The van der Waals surface area contributed by atoms with E-state index in [0.717, 1.165) is 5.56 Å². The zero-order valence-electron chi connectivity index (χ0n) is 7.37. The standard InChI is InChI=1S/C9H12N2O/c1-8(12)10-7-9-3-5-11(2)6-4-9/h3-6H,7H2,1-2H3/p+1. The molecule has 0 aliphatic carbocycles. The number of aryl methyl sites for hydroxylation is 1. The highest BCUT2D eigenvalue weighted by Crippen LogP contribution is 1.92. The lowest BCUT2D eigenvalue weighted by Gasteiger charge is -1.99. The number of pyridine rings is 1. The van der Waals surface area contributed by atoms with Crippen LogP contribution in [0.1, 0.15) is 12.5 Å². The molecule has 0 unspecified atom stereocenters. The molecule has 3 heteroatoms. The number of rotatable bonds is 2. The first-order valence-corrected chi connectivity index (χ1v) is 3.87. The summed E-state index contributed by atoms with van der Waals surface area (Å²) in [6.07, 6.45) is 3.91. The van der Waals surface area contributed by atoms with Gasteiger partial charge in [-0.25, -0.2) is 4.57 Å². The lowest BCUT2D eigenvalue weighted by atomic mass is 10.3. The molecule has 1 aromatic rings. The van der Waals surface area contributed by atoms with Crippen molar-refractivity contribution in [3.63, 3.8) is 0 Å². The molecule has 0 radical (unpaired) electrons. The number of hydrogen-bond donors (Lipinski definition) is 1. The van der Waals surface area contributed by atoms with E-state index in [9.17, 15) is 4.79 Å². The summed E-state index contributed by atoms with van der Waals surface area (Å²) in [5.74, 6) is 0.00299. The van der Waals surface area contributed by atoms with Gasteiger partial charge in [-0.15, -0.1) is 0 Å². The Morgan fingerprint density at radius 1 is 1.50 bits per heavy atom. The Bertz CT molecular complexity index is 266. The van der Waals surface area contributed by atoms with Crippen LogP contribution in [0, 0.1) is 0 Å². The quantitative estimate of drug-likeness (QED) is 0.622. The van der Waals surface area contributed by atoms with Crippen molar-refractivity contribution in [2.45, 2.75) is 13.5 Å². The predicted octanol–water partition coefficient (Wildman–Crippen LogP) is 0.147. The SMILES string of the molecule is CC(=O)NCc1cc[n+](C)cc1. The molecule has 1 aromatic heterocycles. The predicted molar refractivity (Wildman–Crippen MR) is 45.1 cm³/mol. The number of nitrogens with one attached hydrogen (secondary N) is 1. The Hall–Kier alpha value is -1.38. The molecule has 1 rings (SSSR count). The van der Waals surface area contributed by atoms with Crippen LogP contribution >= 0.6 is 0 Å². The molecule has 64 valence electrons. The Balaban J connectivity index is 2.53. The number of nitrogens with zero attached hydrogens (tertiary/aromatic N) is 1. The molecule has 1 N–H and O–H groups in total. The Kier molecular flexibility index (Phi) is 2.80. The molecular formula is C9H13N2O+. The zero-order chi connectivity index (χ0) is 8.97. The minimum Gasteiger partial charge on any atom is -0.352 e. The fourth-order valence-electron chi connectivity index (χ4n) is 0.876. The van der Waals surface area contributed by atoms with Crippen molar-refractivity contribution in [3.8, 4) is 0 Å². The number of amides is 1. The molecule has 0 bridgehead atoms. The molecule has 0 saturated heterocycles. The molecule has 0 aromatic carbocycles. The maximum Gasteiger partial charge on any atom is 0.217 e. The van der Waals surface area contributed by atoms with Crippen molar-refractivity contribution in [2.24, 2.45) is 7.05 Å². The summed E-state index contributed by atoms with van der Waals surface area (Å²) in [7, 11) is 1.96. The van der Waals surface area contributed by atoms with E-state index in [0.29, 0.717) is 6.54 Å². The maximum absolute atomic E-state index is 10.6. The summed E-state index contributed by atoms with van der Waals surface area (Å²) in [6, 6.07) is 3.96. The highest BCUT2D eigenvalue weighted by Gasteiger charge is 1.96. The summed E-state index contributed by atoms with van der Waals surface area (Å²) in [5, 5.41) is 2.73. The van der Waals surface area contributed by atoms with Crippen LogP contribution in [0.5, 0.6) is 0 Å². The van der Waals surface area contributed by atoms with E-state index in [1.54, 1.807) is 0 Å². The van der Waals surface area contributed by atoms with Gasteiger partial charge >= 0.3 is 0 Å². The number of carbonyl (C=O) groups is 1. The maximum atomic E-state index is 10.6. The molecule has 3 nitrogen and oxygen atoms in total. The Morgan fingerprint density at radius 3 is 2.58 bits per heavy atom. The normalized spacial score (nSPS) is 9.50. The van der Waals surface area contributed by atoms with Crippen molar-refractivity contribution >= 4 is 5.91 Å². The van der Waals surface area contributed by atoms with Crippen LogP contribution in [0.15, 0.2) is 24.5 Å². The molecule has 0 fully saturated rings. The van der Waals surface area contributed by atoms with E-state index in [1.165, 1.54) is 6.92 Å². The number of hydrogen-bond acceptors (Lipinski definition) is 1. The molecule has 0 aliphatic heterocycles. The van der Waals surface area contributed by atoms with Gasteiger partial charge in [-0.1, -0.05) is 0 Å². The van der Waals surface area contributed by atoms with Crippen molar-refractivity contribution in [3.05, 3.63) is 30.1 Å². The van der Waals surface area contributed by atoms with Crippen LogP contribution in [0.3, 0.4) is 0 Å². The van der Waals surface area contributed by atoms with Gasteiger partial charge in [0.25, 0.3) is 0 Å². The summed E-state index contributed by atoms with van der Waals surface area (Å²) >= 11 is 0. The van der Waals surface area contributed by atoms with Crippen molar-refractivity contribution in [1.82, 2.24) is 5.32 Å². The number of aromatic nitrogens is 1. The summed E-state index contributed by atoms with van der Waals surface area (Å²) in [6.45, 7) is 2.12. The smallest absolute Gasteiger partial charge is 0.217 e. The Labute approximate surface area is 72.0 Å². The van der Waals surface area contributed by atoms with Gasteiger partial charge in [0.1, 0.15) is 7.05 Å². The molecule has 0 saturated carbocycles. The van der Waals surface area contributed by atoms with Gasteiger partial charge < -0.3 is 5.32 Å². The van der Waals surface area contributed by atoms with Crippen LogP contribution in [0.2, 0.25) is 0 Å². The minimum absolute atomic E-state index is 0.00299. The molecule has 12 heavy (non-hydrogen) atoms. The fourth-order valence-corrected chi connectivity index (χ4v) is 0.876. The van der Waals surface area contributed by atoms with Crippen LogP contribution in [-0.4, -0.2) is 5.91 Å². The molecule has 1 heterocycles. The van der Waals surface area contributed by atoms with E-state index in [2.05, 4.69) is 5.32 Å². The van der Waals surface area contributed by atoms with Gasteiger partial charge in [0.15, 0.2) is 12.4 Å². The van der Waals surface area contributed by atoms with Crippen molar-refractivity contribution < 1.29 is 9.36 Å².